The van der Waals surface area contributed by atoms with Crippen molar-refractivity contribution in [3.63, 3.8) is 0 Å². The van der Waals surface area contributed by atoms with Gasteiger partial charge in [0.1, 0.15) is 5.82 Å². The van der Waals surface area contributed by atoms with Gasteiger partial charge in [0.25, 0.3) is 0 Å². The predicted octanol–water partition coefficient (Wildman–Crippen LogP) is 4.79. The van der Waals surface area contributed by atoms with Crippen LogP contribution in [0.5, 0.6) is 0 Å². The standard InChI is InChI=1S/C15H13Cl2N3S/c16-11-3-2-10(8-12(11)17)21-6-5-15-19-13-4-1-9(18)7-14(13)20-15/h1-4,7-8H,5-6,18H2,(H,19,20). The molecular weight excluding hydrogens is 325 g/mol. The molecule has 0 bridgehead atoms. The summed E-state index contributed by atoms with van der Waals surface area (Å²) in [7, 11) is 0. The summed E-state index contributed by atoms with van der Waals surface area (Å²) in [5, 5.41) is 1.16. The predicted molar refractivity (Wildman–Crippen MR) is 91.4 cm³/mol. The molecule has 3 rings (SSSR count). The minimum atomic E-state index is 0.580. The molecule has 2 aromatic carbocycles. The summed E-state index contributed by atoms with van der Waals surface area (Å²) in [5.74, 6) is 1.87. The van der Waals surface area contributed by atoms with Crippen molar-refractivity contribution >= 4 is 51.7 Å². The van der Waals surface area contributed by atoms with Gasteiger partial charge in [-0.25, -0.2) is 4.98 Å². The molecule has 0 saturated heterocycles. The quantitative estimate of drug-likeness (QED) is 0.531. The van der Waals surface area contributed by atoms with Crippen molar-refractivity contribution in [2.45, 2.75) is 11.3 Å². The number of benzene rings is 2. The summed E-state index contributed by atoms with van der Waals surface area (Å²) >= 11 is 13.6. The number of rotatable bonds is 4. The van der Waals surface area contributed by atoms with Gasteiger partial charge < -0.3 is 10.7 Å². The van der Waals surface area contributed by atoms with Crippen molar-refractivity contribution in [2.24, 2.45) is 0 Å². The Balaban J connectivity index is 1.64. The number of H-pyrrole nitrogens is 1. The molecule has 0 radical (unpaired) electrons. The molecule has 0 aliphatic heterocycles. The highest BCUT2D eigenvalue weighted by molar-refractivity contribution is 7.99. The second-order valence-corrected chi connectivity index (χ2v) is 6.62. The van der Waals surface area contributed by atoms with Gasteiger partial charge in [0.05, 0.1) is 21.1 Å². The van der Waals surface area contributed by atoms with E-state index in [9.17, 15) is 0 Å². The zero-order chi connectivity index (χ0) is 14.8. The van der Waals surface area contributed by atoms with Crippen LogP contribution >= 0.6 is 35.0 Å². The second-order valence-electron chi connectivity index (χ2n) is 4.63. The van der Waals surface area contributed by atoms with Gasteiger partial charge in [0.15, 0.2) is 0 Å². The Morgan fingerprint density at radius 1 is 1.10 bits per heavy atom. The van der Waals surface area contributed by atoms with Gasteiger partial charge in [-0.15, -0.1) is 11.8 Å². The number of nitrogens with one attached hydrogen (secondary N) is 1. The van der Waals surface area contributed by atoms with Crippen molar-refractivity contribution in [3.05, 3.63) is 52.3 Å². The Hall–Kier alpha value is -1.36. The average molecular weight is 338 g/mol. The molecule has 3 N–H and O–H groups in total. The number of hydrogen-bond donors (Lipinski definition) is 2. The number of anilines is 1. The van der Waals surface area contributed by atoms with E-state index in [1.54, 1.807) is 11.8 Å². The molecule has 1 heterocycles. The van der Waals surface area contributed by atoms with Crippen LogP contribution < -0.4 is 5.73 Å². The lowest BCUT2D eigenvalue weighted by molar-refractivity contribution is 1.01. The number of aromatic amines is 1. The molecule has 0 aliphatic carbocycles. The van der Waals surface area contributed by atoms with Crippen LogP contribution in [-0.4, -0.2) is 15.7 Å². The van der Waals surface area contributed by atoms with Crippen LogP contribution in [0.25, 0.3) is 11.0 Å². The number of halogens is 2. The molecule has 6 heteroatoms. The fraction of sp³-hybridized carbons (Fsp3) is 0.133. The summed E-state index contributed by atoms with van der Waals surface area (Å²) in [6.07, 6.45) is 0.847. The number of nitrogens with zero attached hydrogens (tertiary/aromatic N) is 1. The molecule has 3 nitrogen and oxygen atoms in total. The Morgan fingerprint density at radius 3 is 2.76 bits per heavy atom. The first-order valence-corrected chi connectivity index (χ1v) is 8.18. The molecule has 0 unspecified atom stereocenters. The number of nitrogen functional groups attached to an aromatic ring is 1. The lowest BCUT2D eigenvalue weighted by atomic mass is 10.3. The SMILES string of the molecule is Nc1ccc2nc(CCSc3ccc(Cl)c(Cl)c3)[nH]c2c1. The number of aryl methyl sites for hydroxylation is 1. The molecule has 1 aromatic heterocycles. The van der Waals surface area contributed by atoms with Crippen LogP contribution in [-0.2, 0) is 6.42 Å². The highest BCUT2D eigenvalue weighted by Crippen LogP contribution is 2.28. The summed E-state index contributed by atoms with van der Waals surface area (Å²) < 4.78 is 0. The maximum atomic E-state index is 6.00. The first-order valence-electron chi connectivity index (χ1n) is 6.44. The van der Waals surface area contributed by atoms with Gasteiger partial charge in [0, 0.05) is 22.8 Å². The third kappa shape index (κ3) is 3.46. The molecule has 3 aromatic rings. The number of nitrogens with two attached hydrogens (primary N) is 1. The fourth-order valence-corrected chi connectivity index (χ4v) is 3.29. The van der Waals surface area contributed by atoms with Gasteiger partial charge in [-0.1, -0.05) is 23.2 Å². The van der Waals surface area contributed by atoms with E-state index in [-0.39, 0.29) is 0 Å². The Kier molecular flexibility index (Phi) is 4.29. The summed E-state index contributed by atoms with van der Waals surface area (Å²) in [5.41, 5.74) is 8.42. The molecule has 0 saturated carbocycles. The minimum Gasteiger partial charge on any atom is -0.399 e. The highest BCUT2D eigenvalue weighted by Gasteiger charge is 2.04. The van der Waals surface area contributed by atoms with Crippen LogP contribution in [0.2, 0.25) is 10.0 Å². The zero-order valence-corrected chi connectivity index (χ0v) is 13.4. The fourth-order valence-electron chi connectivity index (χ4n) is 2.03. The molecular formula is C15H13Cl2N3S. The van der Waals surface area contributed by atoms with Crippen molar-refractivity contribution in [1.82, 2.24) is 9.97 Å². The first-order chi connectivity index (χ1) is 10.1. The summed E-state index contributed by atoms with van der Waals surface area (Å²) in [6.45, 7) is 0. The van der Waals surface area contributed by atoms with E-state index in [4.69, 9.17) is 28.9 Å². The summed E-state index contributed by atoms with van der Waals surface area (Å²) in [4.78, 5) is 8.94. The van der Waals surface area contributed by atoms with Crippen molar-refractivity contribution < 1.29 is 0 Å². The second kappa shape index (κ2) is 6.18. The zero-order valence-electron chi connectivity index (χ0n) is 11.1. The highest BCUT2D eigenvalue weighted by atomic mass is 35.5. The molecule has 108 valence electrons. The molecule has 0 spiro atoms. The lowest BCUT2D eigenvalue weighted by Crippen LogP contribution is -1.91. The van der Waals surface area contributed by atoms with Crippen molar-refractivity contribution in [2.75, 3.05) is 11.5 Å². The third-order valence-electron chi connectivity index (χ3n) is 3.05. The maximum Gasteiger partial charge on any atom is 0.108 e. The number of thioether (sulfide) groups is 1. The van der Waals surface area contributed by atoms with Crippen molar-refractivity contribution in [3.8, 4) is 0 Å². The van der Waals surface area contributed by atoms with Gasteiger partial charge >= 0.3 is 0 Å². The third-order valence-corrected chi connectivity index (χ3v) is 4.79. The number of fused-ring (bicyclic) bond motifs is 1. The van der Waals surface area contributed by atoms with E-state index >= 15 is 0 Å². The van der Waals surface area contributed by atoms with Gasteiger partial charge in [-0.3, -0.25) is 0 Å². The van der Waals surface area contributed by atoms with Crippen LogP contribution in [0.3, 0.4) is 0 Å². The van der Waals surface area contributed by atoms with Gasteiger partial charge in [0.2, 0.25) is 0 Å². The van der Waals surface area contributed by atoms with Crippen molar-refractivity contribution in [1.29, 1.82) is 0 Å². The lowest BCUT2D eigenvalue weighted by Gasteiger charge is -2.02. The normalized spacial score (nSPS) is 11.1. The topological polar surface area (TPSA) is 54.7 Å². The first kappa shape index (κ1) is 14.6. The Bertz CT molecular complexity index is 786. The van der Waals surface area contributed by atoms with Crippen LogP contribution in [0.1, 0.15) is 5.82 Å². The van der Waals surface area contributed by atoms with E-state index in [0.717, 1.165) is 39.6 Å². The average Bonchev–Trinajstić information content (AvgIpc) is 2.84. The number of aromatic nitrogens is 2. The Labute approximate surface area is 136 Å². The van der Waals surface area contributed by atoms with Crippen LogP contribution in [0, 0.1) is 0 Å². The van der Waals surface area contributed by atoms with Gasteiger partial charge in [-0.2, -0.15) is 0 Å². The van der Waals surface area contributed by atoms with Gasteiger partial charge in [-0.05, 0) is 36.4 Å². The summed E-state index contributed by atoms with van der Waals surface area (Å²) in [6, 6.07) is 11.4. The largest absolute Gasteiger partial charge is 0.399 e. The smallest absolute Gasteiger partial charge is 0.108 e. The van der Waals surface area contributed by atoms with E-state index in [0.29, 0.717) is 10.0 Å². The monoisotopic (exact) mass is 337 g/mol. The number of hydrogen-bond acceptors (Lipinski definition) is 3. The molecule has 0 fully saturated rings. The van der Waals surface area contributed by atoms with Crippen LogP contribution in [0.4, 0.5) is 5.69 Å². The van der Waals surface area contributed by atoms with Crippen LogP contribution in [0.15, 0.2) is 41.3 Å². The molecule has 21 heavy (non-hydrogen) atoms. The minimum absolute atomic E-state index is 0.580. The Morgan fingerprint density at radius 2 is 1.95 bits per heavy atom. The van der Waals surface area contributed by atoms with E-state index < -0.39 is 0 Å². The van der Waals surface area contributed by atoms with E-state index in [2.05, 4.69) is 9.97 Å². The van der Waals surface area contributed by atoms with E-state index in [1.165, 1.54) is 0 Å². The molecule has 0 aliphatic rings. The maximum absolute atomic E-state index is 6.00. The molecule has 0 atom stereocenters. The number of imidazole rings is 1. The molecule has 0 amide bonds. The van der Waals surface area contributed by atoms with E-state index in [1.807, 2.05) is 36.4 Å².